The fourth-order valence-corrected chi connectivity index (χ4v) is 2.20. The van der Waals surface area contributed by atoms with Crippen LogP contribution in [0.25, 0.3) is 0 Å². The minimum Gasteiger partial charge on any atom is -0.405 e. The van der Waals surface area contributed by atoms with Gasteiger partial charge < -0.3 is 14.9 Å². The summed E-state index contributed by atoms with van der Waals surface area (Å²) in [6.45, 7) is -0.447. The van der Waals surface area contributed by atoms with Gasteiger partial charge >= 0.3 is 5.69 Å². The average Bonchev–Trinajstić information content (AvgIpc) is 2.78. The van der Waals surface area contributed by atoms with Crippen molar-refractivity contribution in [3.8, 4) is 0 Å². The lowest BCUT2D eigenvalue weighted by Gasteiger charge is -2.26. The number of aromatic nitrogens is 2. The molecular formula is C10H16B2N2O5. The third kappa shape index (κ3) is 2.83. The van der Waals surface area contributed by atoms with Gasteiger partial charge in [-0.15, -0.1) is 0 Å². The fraction of sp³-hybridized carbons (Fsp3) is 0.600. The number of rotatable bonds is 3. The van der Waals surface area contributed by atoms with E-state index in [-0.39, 0.29) is 11.7 Å². The number of nitrogens with one attached hydrogen (secondary N) is 1. The summed E-state index contributed by atoms with van der Waals surface area (Å²) in [5.74, 6) is 0. The minimum atomic E-state index is -0.986. The maximum absolute atomic E-state index is 11.7. The lowest BCUT2D eigenvalue weighted by molar-refractivity contribution is -0.0504. The van der Waals surface area contributed by atoms with E-state index in [1.807, 2.05) is 0 Å². The molecule has 0 amide bonds. The highest BCUT2D eigenvalue weighted by Crippen LogP contribution is 2.30. The van der Waals surface area contributed by atoms with Crippen LogP contribution >= 0.6 is 0 Å². The van der Waals surface area contributed by atoms with Crippen LogP contribution in [0.15, 0.2) is 15.8 Å². The second kappa shape index (κ2) is 4.99. The Morgan fingerprint density at radius 2 is 2.16 bits per heavy atom. The summed E-state index contributed by atoms with van der Waals surface area (Å²) < 4.78 is 6.89. The Labute approximate surface area is 111 Å². The molecule has 9 heteroatoms. The van der Waals surface area contributed by atoms with Crippen LogP contribution < -0.4 is 11.2 Å². The molecule has 2 atom stereocenters. The first-order valence-corrected chi connectivity index (χ1v) is 6.16. The number of aliphatic hydroxyl groups excluding tert-OH is 1. The molecule has 0 spiro atoms. The second-order valence-electron chi connectivity index (χ2n) is 5.29. The largest absolute Gasteiger partial charge is 0.405 e. The summed E-state index contributed by atoms with van der Waals surface area (Å²) in [7, 11) is 3.30. The van der Waals surface area contributed by atoms with Crippen LogP contribution in [0.4, 0.5) is 0 Å². The number of H-pyrrole nitrogens is 1. The van der Waals surface area contributed by atoms with Crippen molar-refractivity contribution < 1.29 is 14.9 Å². The Morgan fingerprint density at radius 3 is 2.68 bits per heavy atom. The summed E-state index contributed by atoms with van der Waals surface area (Å²) in [5, 5.41) is 17.9. The van der Waals surface area contributed by atoms with Gasteiger partial charge in [-0.2, -0.15) is 0 Å². The fourth-order valence-electron chi connectivity index (χ4n) is 2.20. The van der Waals surface area contributed by atoms with Crippen LogP contribution in [0.5, 0.6) is 0 Å². The molecule has 1 fully saturated rings. The predicted octanol–water partition coefficient (Wildman–Crippen LogP) is -3.38. The zero-order chi connectivity index (χ0) is 14.2. The first-order chi connectivity index (χ1) is 8.82. The zero-order valence-electron chi connectivity index (χ0n) is 10.9. The van der Waals surface area contributed by atoms with E-state index in [1.54, 1.807) is 15.7 Å². The lowest BCUT2D eigenvalue weighted by atomic mass is 9.61. The Balaban J connectivity index is 2.30. The standard InChI is InChI=1S/C10H16B2N2O5/c11-10(12,18)6-1-2-7(19-6)14-3-5(4-15)8(16)13-9(14)17/h3,6-7,15,18H,1-2,4,11-12H2,(H,13,16,17)/t6-,7?/m0/s1. The molecule has 2 rings (SSSR count). The second-order valence-corrected chi connectivity index (χ2v) is 5.29. The van der Waals surface area contributed by atoms with E-state index >= 15 is 0 Å². The van der Waals surface area contributed by atoms with Crippen LogP contribution in [-0.2, 0) is 11.3 Å². The Hall–Kier alpha value is -1.31. The number of aromatic amines is 1. The third-order valence-electron chi connectivity index (χ3n) is 3.31. The van der Waals surface area contributed by atoms with Gasteiger partial charge in [0.15, 0.2) is 0 Å². The minimum absolute atomic E-state index is 0.106. The van der Waals surface area contributed by atoms with Crippen molar-refractivity contribution in [2.45, 2.75) is 37.2 Å². The van der Waals surface area contributed by atoms with Gasteiger partial charge in [-0.05, 0) is 12.8 Å². The maximum atomic E-state index is 11.7. The number of nitrogens with zero attached hydrogens (tertiary/aromatic N) is 1. The molecule has 1 aromatic rings. The van der Waals surface area contributed by atoms with Crippen LogP contribution in [0.3, 0.4) is 0 Å². The van der Waals surface area contributed by atoms with E-state index in [1.165, 1.54) is 10.8 Å². The molecule has 1 saturated heterocycles. The Kier molecular flexibility index (Phi) is 3.71. The molecule has 1 aliphatic heterocycles. The predicted molar refractivity (Wildman–Crippen MR) is 72.4 cm³/mol. The van der Waals surface area contributed by atoms with Crippen LogP contribution in [0, 0.1) is 0 Å². The van der Waals surface area contributed by atoms with Crippen molar-refractivity contribution >= 4 is 15.7 Å². The number of hydrogen-bond acceptors (Lipinski definition) is 5. The number of aliphatic hydroxyl groups is 2. The Bertz CT molecular complexity index is 577. The number of hydrogen-bond donors (Lipinski definition) is 3. The van der Waals surface area contributed by atoms with Gasteiger partial charge in [0.25, 0.3) is 5.56 Å². The van der Waals surface area contributed by atoms with Gasteiger partial charge in [0, 0.05) is 11.6 Å². The lowest BCUT2D eigenvalue weighted by Crippen LogP contribution is -2.43. The summed E-state index contributed by atoms with van der Waals surface area (Å²) in [6, 6.07) is 0. The molecule has 1 aromatic heterocycles. The molecule has 7 nitrogen and oxygen atoms in total. The molecular weight excluding hydrogens is 250 g/mol. The van der Waals surface area contributed by atoms with E-state index < -0.39 is 29.5 Å². The van der Waals surface area contributed by atoms with E-state index in [2.05, 4.69) is 4.98 Å². The molecule has 19 heavy (non-hydrogen) atoms. The molecule has 0 bridgehead atoms. The highest BCUT2D eigenvalue weighted by molar-refractivity contribution is 6.39. The summed E-state index contributed by atoms with van der Waals surface area (Å²) >= 11 is 0. The molecule has 0 radical (unpaired) electrons. The molecule has 0 aliphatic carbocycles. The quantitative estimate of drug-likeness (QED) is 0.495. The van der Waals surface area contributed by atoms with Gasteiger partial charge in [0.1, 0.15) is 21.9 Å². The number of ether oxygens (including phenoxy) is 1. The van der Waals surface area contributed by atoms with Crippen molar-refractivity contribution in [1.82, 2.24) is 9.55 Å². The van der Waals surface area contributed by atoms with Crippen molar-refractivity contribution in [2.24, 2.45) is 0 Å². The summed E-state index contributed by atoms with van der Waals surface area (Å²) in [4.78, 5) is 25.2. The van der Waals surface area contributed by atoms with Crippen molar-refractivity contribution in [3.63, 3.8) is 0 Å². The molecule has 0 saturated carbocycles. The molecule has 102 valence electrons. The highest BCUT2D eigenvalue weighted by atomic mass is 16.5. The summed E-state index contributed by atoms with van der Waals surface area (Å²) in [5.41, 5.74) is -1.07. The van der Waals surface area contributed by atoms with Crippen molar-refractivity contribution in [1.29, 1.82) is 0 Å². The monoisotopic (exact) mass is 266 g/mol. The van der Waals surface area contributed by atoms with Crippen molar-refractivity contribution in [3.05, 3.63) is 32.6 Å². The normalized spacial score (nSPS) is 23.7. The van der Waals surface area contributed by atoms with Gasteiger partial charge in [0.2, 0.25) is 0 Å². The smallest absolute Gasteiger partial charge is 0.330 e. The molecule has 2 heterocycles. The SMILES string of the molecule is BC(B)(O)[C@@H]1CCC(n2cc(CO)c(=O)[nH]c2=O)O1. The average molecular weight is 266 g/mol. The maximum Gasteiger partial charge on any atom is 0.330 e. The van der Waals surface area contributed by atoms with Crippen LogP contribution in [-0.4, -0.2) is 47.0 Å². The zero-order valence-corrected chi connectivity index (χ0v) is 10.9. The molecule has 1 aliphatic rings. The molecule has 1 unspecified atom stereocenters. The Morgan fingerprint density at radius 1 is 1.47 bits per heavy atom. The van der Waals surface area contributed by atoms with E-state index in [4.69, 9.17) is 9.84 Å². The molecule has 0 aromatic carbocycles. The van der Waals surface area contributed by atoms with E-state index in [9.17, 15) is 14.7 Å². The highest BCUT2D eigenvalue weighted by Gasteiger charge is 2.36. The van der Waals surface area contributed by atoms with E-state index in [0.717, 1.165) is 0 Å². The van der Waals surface area contributed by atoms with Gasteiger partial charge in [-0.25, -0.2) is 4.79 Å². The van der Waals surface area contributed by atoms with Gasteiger partial charge in [-0.1, -0.05) is 0 Å². The molecule has 3 N–H and O–H groups in total. The van der Waals surface area contributed by atoms with Crippen molar-refractivity contribution in [2.75, 3.05) is 0 Å². The van der Waals surface area contributed by atoms with Crippen LogP contribution in [0.2, 0.25) is 0 Å². The van der Waals surface area contributed by atoms with Gasteiger partial charge in [-0.3, -0.25) is 14.3 Å². The first kappa shape index (κ1) is 14.1. The first-order valence-electron chi connectivity index (χ1n) is 6.16. The van der Waals surface area contributed by atoms with Gasteiger partial charge in [0.05, 0.1) is 18.3 Å². The van der Waals surface area contributed by atoms with Crippen LogP contribution in [0.1, 0.15) is 24.6 Å². The van der Waals surface area contributed by atoms with E-state index in [0.29, 0.717) is 12.8 Å². The topological polar surface area (TPSA) is 105 Å². The summed E-state index contributed by atoms with van der Waals surface area (Å²) in [6.07, 6.45) is 1.58. The third-order valence-corrected chi connectivity index (χ3v) is 3.31.